The van der Waals surface area contributed by atoms with Gasteiger partial charge in [0.1, 0.15) is 0 Å². The first kappa shape index (κ1) is 13.5. The second kappa shape index (κ2) is 6.31. The molecule has 1 atom stereocenters. The predicted octanol–water partition coefficient (Wildman–Crippen LogP) is 0.368. The molecule has 102 valence electrons. The molecule has 1 saturated heterocycles. The van der Waals surface area contributed by atoms with Crippen molar-refractivity contribution in [3.8, 4) is 0 Å². The van der Waals surface area contributed by atoms with Crippen molar-refractivity contribution in [2.75, 3.05) is 32.7 Å². The van der Waals surface area contributed by atoms with Gasteiger partial charge in [-0.25, -0.2) is 0 Å². The lowest BCUT2D eigenvalue weighted by atomic mass is 10.2. The fourth-order valence-corrected chi connectivity index (χ4v) is 2.43. The van der Waals surface area contributed by atoms with Crippen LogP contribution in [0.4, 0.5) is 0 Å². The molecule has 1 aliphatic rings. The number of piperazine rings is 1. The highest BCUT2D eigenvalue weighted by atomic mass is 15.3. The summed E-state index contributed by atoms with van der Waals surface area (Å²) in [5.74, 6) is 0. The van der Waals surface area contributed by atoms with E-state index in [0.717, 1.165) is 45.8 Å². The smallest absolute Gasteiger partial charge is 0.0534 e. The monoisotopic (exact) mass is 251 g/mol. The Morgan fingerprint density at radius 2 is 2.06 bits per heavy atom. The molecule has 0 spiro atoms. The van der Waals surface area contributed by atoms with Crippen LogP contribution in [-0.2, 0) is 13.1 Å². The van der Waals surface area contributed by atoms with E-state index in [1.54, 1.807) is 0 Å². The summed E-state index contributed by atoms with van der Waals surface area (Å²) in [5, 5.41) is 4.32. The van der Waals surface area contributed by atoms with Crippen LogP contribution in [-0.4, -0.2) is 58.3 Å². The Kier molecular flexibility index (Phi) is 4.74. The van der Waals surface area contributed by atoms with Gasteiger partial charge >= 0.3 is 0 Å². The van der Waals surface area contributed by atoms with Gasteiger partial charge in [-0.3, -0.25) is 14.5 Å². The number of aromatic nitrogens is 2. The first-order valence-electron chi connectivity index (χ1n) is 6.90. The van der Waals surface area contributed by atoms with Gasteiger partial charge in [-0.1, -0.05) is 0 Å². The van der Waals surface area contributed by atoms with Crippen molar-refractivity contribution in [2.24, 2.45) is 5.73 Å². The molecular weight excluding hydrogens is 226 g/mol. The second-order valence-corrected chi connectivity index (χ2v) is 5.10. The molecule has 0 amide bonds. The van der Waals surface area contributed by atoms with E-state index in [2.05, 4.69) is 34.9 Å². The summed E-state index contributed by atoms with van der Waals surface area (Å²) in [6, 6.07) is 0.509. The highest BCUT2D eigenvalue weighted by molar-refractivity contribution is 5.03. The maximum absolute atomic E-state index is 5.71. The minimum absolute atomic E-state index is 0.509. The van der Waals surface area contributed by atoms with Gasteiger partial charge in [0, 0.05) is 63.6 Å². The molecule has 1 unspecified atom stereocenters. The van der Waals surface area contributed by atoms with E-state index in [0.29, 0.717) is 6.04 Å². The van der Waals surface area contributed by atoms with Crippen molar-refractivity contribution in [3.63, 3.8) is 0 Å². The number of hydrogen-bond donors (Lipinski definition) is 1. The van der Waals surface area contributed by atoms with Crippen LogP contribution in [0, 0.1) is 0 Å². The summed E-state index contributed by atoms with van der Waals surface area (Å²) in [7, 11) is 0. The summed E-state index contributed by atoms with van der Waals surface area (Å²) in [6.45, 7) is 11.5. The van der Waals surface area contributed by atoms with Crippen molar-refractivity contribution in [1.82, 2.24) is 19.6 Å². The highest BCUT2D eigenvalue weighted by Gasteiger charge is 2.20. The normalized spacial score (nSPS) is 20.2. The third-order valence-corrected chi connectivity index (χ3v) is 3.79. The van der Waals surface area contributed by atoms with E-state index in [4.69, 9.17) is 5.73 Å². The van der Waals surface area contributed by atoms with Gasteiger partial charge in [0.05, 0.1) is 6.20 Å². The topological polar surface area (TPSA) is 50.3 Å². The Hall–Kier alpha value is -0.910. The molecule has 5 heteroatoms. The van der Waals surface area contributed by atoms with Gasteiger partial charge in [0.15, 0.2) is 0 Å². The zero-order valence-corrected chi connectivity index (χ0v) is 11.5. The minimum atomic E-state index is 0.509. The number of nitrogens with two attached hydrogens (primary N) is 1. The summed E-state index contributed by atoms with van der Waals surface area (Å²) < 4.78 is 1.99. The molecule has 2 heterocycles. The van der Waals surface area contributed by atoms with E-state index in [-0.39, 0.29) is 0 Å². The first-order valence-corrected chi connectivity index (χ1v) is 6.90. The van der Waals surface area contributed by atoms with E-state index < -0.39 is 0 Å². The molecule has 0 saturated carbocycles. The molecular formula is C13H25N5. The van der Waals surface area contributed by atoms with Crippen LogP contribution in [0.1, 0.15) is 19.4 Å². The lowest BCUT2D eigenvalue weighted by Gasteiger charge is -2.37. The first-order chi connectivity index (χ1) is 8.72. The average Bonchev–Trinajstić information content (AvgIpc) is 2.86. The van der Waals surface area contributed by atoms with E-state index in [1.807, 2.05) is 10.9 Å². The molecule has 2 N–H and O–H groups in total. The zero-order valence-electron chi connectivity index (χ0n) is 11.5. The molecule has 1 aromatic heterocycles. The van der Waals surface area contributed by atoms with Crippen LogP contribution in [0.2, 0.25) is 0 Å². The molecule has 18 heavy (non-hydrogen) atoms. The Labute approximate surface area is 110 Å². The van der Waals surface area contributed by atoms with Crippen molar-refractivity contribution < 1.29 is 0 Å². The van der Waals surface area contributed by atoms with Gasteiger partial charge in [0.2, 0.25) is 0 Å². The second-order valence-electron chi connectivity index (χ2n) is 5.10. The molecule has 2 rings (SSSR count). The van der Waals surface area contributed by atoms with E-state index in [1.165, 1.54) is 5.56 Å². The maximum atomic E-state index is 5.71. The Morgan fingerprint density at radius 3 is 2.61 bits per heavy atom. The van der Waals surface area contributed by atoms with Gasteiger partial charge < -0.3 is 5.73 Å². The number of hydrogen-bond acceptors (Lipinski definition) is 4. The third-order valence-electron chi connectivity index (χ3n) is 3.79. The molecule has 1 aromatic rings. The predicted molar refractivity (Wildman–Crippen MR) is 73.3 cm³/mol. The molecule has 0 bridgehead atoms. The number of aryl methyl sites for hydroxylation is 1. The zero-order chi connectivity index (χ0) is 13.0. The van der Waals surface area contributed by atoms with Gasteiger partial charge in [-0.2, -0.15) is 5.10 Å². The Bertz CT molecular complexity index is 354. The number of rotatable bonds is 5. The van der Waals surface area contributed by atoms with Crippen LogP contribution in [0.25, 0.3) is 0 Å². The fourth-order valence-electron chi connectivity index (χ4n) is 2.43. The molecule has 1 fully saturated rings. The Morgan fingerprint density at radius 1 is 1.33 bits per heavy atom. The van der Waals surface area contributed by atoms with Crippen LogP contribution >= 0.6 is 0 Å². The summed E-state index contributed by atoms with van der Waals surface area (Å²) in [5.41, 5.74) is 7.03. The van der Waals surface area contributed by atoms with Crippen molar-refractivity contribution >= 4 is 0 Å². The van der Waals surface area contributed by atoms with Crippen molar-refractivity contribution in [3.05, 3.63) is 18.0 Å². The van der Waals surface area contributed by atoms with Crippen LogP contribution in [0.3, 0.4) is 0 Å². The lowest BCUT2D eigenvalue weighted by molar-refractivity contribution is 0.100. The summed E-state index contributed by atoms with van der Waals surface area (Å²) in [6.07, 6.45) is 4.13. The van der Waals surface area contributed by atoms with Gasteiger partial charge in [-0.15, -0.1) is 0 Å². The molecule has 0 aliphatic carbocycles. The van der Waals surface area contributed by atoms with Gasteiger partial charge in [-0.05, 0) is 13.8 Å². The minimum Gasteiger partial charge on any atom is -0.329 e. The molecule has 1 aliphatic heterocycles. The van der Waals surface area contributed by atoms with E-state index >= 15 is 0 Å². The maximum Gasteiger partial charge on any atom is 0.0534 e. The quantitative estimate of drug-likeness (QED) is 0.821. The lowest BCUT2D eigenvalue weighted by Crippen LogP contribution is -2.50. The standard InChI is InChI=1S/C13H25N5/c1-3-18-11-13(9-15-18)10-16-4-6-17(7-5-16)12(2)8-14/h9,11-12H,3-8,10,14H2,1-2H3. The average molecular weight is 251 g/mol. The summed E-state index contributed by atoms with van der Waals surface area (Å²) in [4.78, 5) is 4.97. The summed E-state index contributed by atoms with van der Waals surface area (Å²) >= 11 is 0. The highest BCUT2D eigenvalue weighted by Crippen LogP contribution is 2.09. The van der Waals surface area contributed by atoms with Crippen molar-refractivity contribution in [2.45, 2.75) is 33.0 Å². The van der Waals surface area contributed by atoms with Crippen LogP contribution < -0.4 is 5.73 Å². The van der Waals surface area contributed by atoms with Crippen molar-refractivity contribution in [1.29, 1.82) is 0 Å². The number of nitrogens with zero attached hydrogens (tertiary/aromatic N) is 4. The molecule has 5 nitrogen and oxygen atoms in total. The fraction of sp³-hybridized carbons (Fsp3) is 0.769. The van der Waals surface area contributed by atoms with Crippen LogP contribution in [0.15, 0.2) is 12.4 Å². The largest absolute Gasteiger partial charge is 0.329 e. The van der Waals surface area contributed by atoms with Crippen LogP contribution in [0.5, 0.6) is 0 Å². The molecule has 0 radical (unpaired) electrons. The molecule has 0 aromatic carbocycles. The van der Waals surface area contributed by atoms with Gasteiger partial charge in [0.25, 0.3) is 0 Å². The Balaban J connectivity index is 1.79. The van der Waals surface area contributed by atoms with E-state index in [9.17, 15) is 0 Å². The SMILES string of the molecule is CCn1cc(CN2CCN(C(C)CN)CC2)cn1. The third kappa shape index (κ3) is 3.31.